The second-order valence-corrected chi connectivity index (χ2v) is 6.29. The molecule has 0 saturated carbocycles. The molecule has 2 heteroatoms. The Labute approximate surface area is 131 Å². The number of carbonyl (C=O) groups is 1. The maximum atomic E-state index is 12.5. The molecule has 0 bridgehead atoms. The summed E-state index contributed by atoms with van der Waals surface area (Å²) in [5.41, 5.74) is 4.50. The molecule has 1 nitrogen and oxygen atoms in total. The molecule has 1 aliphatic carbocycles. The Morgan fingerprint density at radius 2 is 2.05 bits per heavy atom. The molecule has 0 aliphatic heterocycles. The van der Waals surface area contributed by atoms with Crippen LogP contribution in [0, 0.1) is 6.92 Å². The number of benzene rings is 2. The van der Waals surface area contributed by atoms with Crippen LogP contribution in [0.3, 0.4) is 0 Å². The normalized spacial score (nSPS) is 17.3. The molecule has 0 fully saturated rings. The van der Waals surface area contributed by atoms with E-state index in [4.69, 9.17) is 11.6 Å². The number of aryl methyl sites for hydroxylation is 2. The predicted molar refractivity (Wildman–Crippen MR) is 87.3 cm³/mol. The Kier molecular flexibility index (Phi) is 4.12. The van der Waals surface area contributed by atoms with Gasteiger partial charge in [-0.25, -0.2) is 0 Å². The number of carbonyl (C=O) groups excluding carboxylic acids is 1. The fraction of sp³-hybridized carbons (Fsp3) is 0.316. The molecular formula is C19H19ClO. The summed E-state index contributed by atoms with van der Waals surface area (Å²) in [6.07, 6.45) is 3.99. The van der Waals surface area contributed by atoms with Gasteiger partial charge >= 0.3 is 0 Å². The smallest absolute Gasteiger partial charge is 0.163 e. The van der Waals surface area contributed by atoms with Gasteiger partial charge in [-0.2, -0.15) is 0 Å². The first-order valence-corrected chi connectivity index (χ1v) is 7.90. The molecule has 2 aromatic carbocycles. The lowest BCUT2D eigenvalue weighted by Gasteiger charge is -2.25. The quantitative estimate of drug-likeness (QED) is 0.699. The Morgan fingerprint density at radius 1 is 1.24 bits per heavy atom. The number of Topliss-reactive ketones (excluding diaryl/α,β-unsaturated/α-hetero) is 1. The number of hydrogen-bond donors (Lipinski definition) is 0. The summed E-state index contributed by atoms with van der Waals surface area (Å²) in [6.45, 7) is 1.95. The highest BCUT2D eigenvalue weighted by Crippen LogP contribution is 2.34. The minimum absolute atomic E-state index is 0.193. The van der Waals surface area contributed by atoms with Crippen LogP contribution >= 0.6 is 11.6 Å². The third kappa shape index (κ3) is 3.03. The van der Waals surface area contributed by atoms with Gasteiger partial charge < -0.3 is 0 Å². The van der Waals surface area contributed by atoms with E-state index in [1.54, 1.807) is 6.07 Å². The van der Waals surface area contributed by atoms with Crippen LogP contribution in [0.25, 0.3) is 0 Å². The van der Waals surface area contributed by atoms with Crippen LogP contribution in [0.1, 0.15) is 52.2 Å². The van der Waals surface area contributed by atoms with Gasteiger partial charge in [0, 0.05) is 17.0 Å². The highest BCUT2D eigenvalue weighted by Gasteiger charge is 2.22. The van der Waals surface area contributed by atoms with Gasteiger partial charge in [-0.1, -0.05) is 48.0 Å². The van der Waals surface area contributed by atoms with Crippen molar-refractivity contribution in [2.45, 2.75) is 38.5 Å². The maximum absolute atomic E-state index is 12.5. The van der Waals surface area contributed by atoms with E-state index < -0.39 is 0 Å². The zero-order valence-corrected chi connectivity index (χ0v) is 13.0. The third-order valence-electron chi connectivity index (χ3n) is 4.42. The van der Waals surface area contributed by atoms with E-state index in [9.17, 15) is 4.79 Å². The van der Waals surface area contributed by atoms with Gasteiger partial charge in [0.2, 0.25) is 0 Å². The molecule has 0 saturated heterocycles. The van der Waals surface area contributed by atoms with Crippen molar-refractivity contribution in [1.82, 2.24) is 0 Å². The summed E-state index contributed by atoms with van der Waals surface area (Å²) >= 11 is 6.13. The molecule has 0 aromatic heterocycles. The maximum Gasteiger partial charge on any atom is 0.163 e. The Morgan fingerprint density at radius 3 is 2.86 bits per heavy atom. The van der Waals surface area contributed by atoms with Crippen LogP contribution in [0.4, 0.5) is 0 Å². The van der Waals surface area contributed by atoms with Gasteiger partial charge in [0.25, 0.3) is 0 Å². The first-order chi connectivity index (χ1) is 10.1. The van der Waals surface area contributed by atoms with Gasteiger partial charge in [0.05, 0.1) is 0 Å². The van der Waals surface area contributed by atoms with Crippen LogP contribution in [-0.2, 0) is 6.42 Å². The largest absolute Gasteiger partial charge is 0.294 e. The van der Waals surface area contributed by atoms with Crippen LogP contribution in [-0.4, -0.2) is 5.78 Å². The summed E-state index contributed by atoms with van der Waals surface area (Å²) in [7, 11) is 0. The fourth-order valence-electron chi connectivity index (χ4n) is 3.17. The lowest BCUT2D eigenvalue weighted by molar-refractivity contribution is 0.0971. The molecule has 1 aliphatic rings. The molecule has 0 N–H and O–H groups in total. The minimum Gasteiger partial charge on any atom is -0.294 e. The van der Waals surface area contributed by atoms with E-state index in [2.05, 4.69) is 24.3 Å². The zero-order valence-electron chi connectivity index (χ0n) is 12.2. The van der Waals surface area contributed by atoms with Gasteiger partial charge in [0.15, 0.2) is 5.78 Å². The Balaban J connectivity index is 1.81. The summed E-state index contributed by atoms with van der Waals surface area (Å²) in [6, 6.07) is 14.1. The first-order valence-electron chi connectivity index (χ1n) is 7.52. The monoisotopic (exact) mass is 298 g/mol. The molecule has 1 atom stereocenters. The molecule has 3 rings (SSSR count). The third-order valence-corrected chi connectivity index (χ3v) is 4.83. The van der Waals surface area contributed by atoms with Gasteiger partial charge in [-0.05, 0) is 54.9 Å². The summed E-state index contributed by atoms with van der Waals surface area (Å²) in [4.78, 5) is 12.5. The van der Waals surface area contributed by atoms with Crippen LogP contribution in [0.2, 0.25) is 5.02 Å². The predicted octanol–water partition coefficient (Wildman–Crippen LogP) is 5.34. The van der Waals surface area contributed by atoms with Crippen molar-refractivity contribution < 1.29 is 4.79 Å². The lowest BCUT2D eigenvalue weighted by atomic mass is 9.79. The number of halogens is 1. The Hall–Kier alpha value is -1.60. The van der Waals surface area contributed by atoms with E-state index >= 15 is 0 Å². The van der Waals surface area contributed by atoms with Crippen molar-refractivity contribution in [2.24, 2.45) is 0 Å². The molecule has 21 heavy (non-hydrogen) atoms. The van der Waals surface area contributed by atoms with Crippen LogP contribution in [0.15, 0.2) is 42.5 Å². The zero-order chi connectivity index (χ0) is 14.8. The van der Waals surface area contributed by atoms with E-state index in [1.807, 2.05) is 19.1 Å². The summed E-state index contributed by atoms with van der Waals surface area (Å²) < 4.78 is 0. The number of hydrogen-bond acceptors (Lipinski definition) is 1. The van der Waals surface area contributed by atoms with Crippen molar-refractivity contribution in [1.29, 1.82) is 0 Å². The van der Waals surface area contributed by atoms with E-state index in [0.717, 1.165) is 24.0 Å². The summed E-state index contributed by atoms with van der Waals surface area (Å²) in [5, 5.41) is 0.671. The van der Waals surface area contributed by atoms with Gasteiger partial charge in [-0.15, -0.1) is 0 Å². The van der Waals surface area contributed by atoms with Crippen LogP contribution in [0.5, 0.6) is 0 Å². The number of fused-ring (bicyclic) bond motifs is 1. The van der Waals surface area contributed by atoms with Gasteiger partial charge in [0.1, 0.15) is 0 Å². The molecule has 108 valence electrons. The average Bonchev–Trinajstić information content (AvgIpc) is 2.50. The second-order valence-electron chi connectivity index (χ2n) is 5.88. The van der Waals surface area contributed by atoms with Crippen molar-refractivity contribution >= 4 is 17.4 Å². The van der Waals surface area contributed by atoms with Crippen molar-refractivity contribution in [3.05, 3.63) is 69.7 Å². The number of ketones is 1. The fourth-order valence-corrected chi connectivity index (χ4v) is 3.36. The average molecular weight is 299 g/mol. The van der Waals surface area contributed by atoms with Crippen molar-refractivity contribution in [3.8, 4) is 0 Å². The number of rotatable bonds is 3. The highest BCUT2D eigenvalue weighted by molar-refractivity contribution is 6.31. The first kappa shape index (κ1) is 14.3. The van der Waals surface area contributed by atoms with Gasteiger partial charge in [-0.3, -0.25) is 4.79 Å². The molecular weight excluding hydrogens is 280 g/mol. The summed E-state index contributed by atoms with van der Waals surface area (Å²) in [5.74, 6) is 0.543. The topological polar surface area (TPSA) is 17.1 Å². The second kappa shape index (κ2) is 6.03. The lowest BCUT2D eigenvalue weighted by Crippen LogP contribution is -2.14. The highest BCUT2D eigenvalue weighted by atomic mass is 35.5. The molecule has 1 unspecified atom stereocenters. The van der Waals surface area contributed by atoms with E-state index in [0.29, 0.717) is 17.4 Å². The SMILES string of the molecule is Cc1ccc(C(=O)CC2CCCc3ccccc32)cc1Cl. The van der Waals surface area contributed by atoms with Crippen molar-refractivity contribution in [2.75, 3.05) is 0 Å². The van der Waals surface area contributed by atoms with Crippen molar-refractivity contribution in [3.63, 3.8) is 0 Å². The van der Waals surface area contributed by atoms with Crippen LogP contribution < -0.4 is 0 Å². The molecule has 0 amide bonds. The minimum atomic E-state index is 0.193. The van der Waals surface area contributed by atoms with E-state index in [-0.39, 0.29) is 5.78 Å². The van der Waals surface area contributed by atoms with E-state index in [1.165, 1.54) is 17.5 Å². The molecule has 2 aromatic rings. The Bertz CT molecular complexity index is 675. The molecule has 0 spiro atoms. The standard InChI is InChI=1S/C19H19ClO/c1-13-9-10-16(11-18(13)20)19(21)12-15-7-4-6-14-5-2-3-8-17(14)15/h2-3,5,8-11,15H,4,6-7,12H2,1H3. The molecule has 0 heterocycles. The molecule has 0 radical (unpaired) electrons.